The van der Waals surface area contributed by atoms with Gasteiger partial charge in [0.2, 0.25) is 0 Å². The normalized spacial score (nSPS) is 20.3. The molecule has 1 fully saturated rings. The number of sulfone groups is 1. The maximum atomic E-state index is 11.2. The molecule has 16 heavy (non-hydrogen) atoms. The van der Waals surface area contributed by atoms with Crippen LogP contribution in [-0.2, 0) is 9.84 Å². The molecule has 6 heteroatoms. The van der Waals surface area contributed by atoms with Gasteiger partial charge in [-0.05, 0) is 17.7 Å². The van der Waals surface area contributed by atoms with Crippen molar-refractivity contribution in [3.05, 3.63) is 29.8 Å². The molecule has 1 aromatic carbocycles. The zero-order valence-corrected chi connectivity index (χ0v) is 9.54. The van der Waals surface area contributed by atoms with Crippen LogP contribution >= 0.6 is 0 Å². The predicted octanol–water partition coefficient (Wildman–Crippen LogP) is 0.444. The van der Waals surface area contributed by atoms with Gasteiger partial charge in [0.1, 0.15) is 0 Å². The number of carbonyl (C=O) groups is 1. The van der Waals surface area contributed by atoms with Gasteiger partial charge in [0.15, 0.2) is 9.84 Å². The maximum absolute atomic E-state index is 11.2. The summed E-state index contributed by atoms with van der Waals surface area (Å²) in [4.78, 5) is 11.2. The largest absolute Gasteiger partial charge is 0.336 e. The van der Waals surface area contributed by atoms with Crippen molar-refractivity contribution in [2.75, 3.05) is 12.8 Å². The number of benzene rings is 1. The molecular formula is C10H12N2O3S. The van der Waals surface area contributed by atoms with Crippen molar-refractivity contribution < 1.29 is 13.2 Å². The standard InChI is InChI=1S/C10H12N2O3S/c1-16(14,15)8-4-2-7(3-5-8)9-6-11-10(13)12-9/h2-5,9H,6H2,1H3,(H2,11,12,13). The fourth-order valence-corrected chi connectivity index (χ4v) is 2.23. The van der Waals surface area contributed by atoms with Crippen molar-refractivity contribution in [2.45, 2.75) is 10.9 Å². The SMILES string of the molecule is CS(=O)(=O)c1ccc(C2CNC(=O)N2)cc1. The highest BCUT2D eigenvalue weighted by Crippen LogP contribution is 2.17. The molecule has 1 aliphatic rings. The molecule has 1 unspecified atom stereocenters. The number of hydrogen-bond donors (Lipinski definition) is 2. The maximum Gasteiger partial charge on any atom is 0.315 e. The van der Waals surface area contributed by atoms with Crippen molar-refractivity contribution in [1.29, 1.82) is 0 Å². The lowest BCUT2D eigenvalue weighted by Crippen LogP contribution is -2.21. The summed E-state index contributed by atoms with van der Waals surface area (Å²) in [7, 11) is -3.16. The minimum Gasteiger partial charge on any atom is -0.336 e. The van der Waals surface area contributed by atoms with Crippen LogP contribution in [0.5, 0.6) is 0 Å². The topological polar surface area (TPSA) is 75.3 Å². The summed E-state index contributed by atoms with van der Waals surface area (Å²) in [6.45, 7) is 0.525. The molecule has 0 aliphatic carbocycles. The molecule has 1 atom stereocenters. The number of hydrogen-bond acceptors (Lipinski definition) is 3. The van der Waals surface area contributed by atoms with Crippen LogP contribution in [-0.4, -0.2) is 27.2 Å². The zero-order chi connectivity index (χ0) is 11.8. The Balaban J connectivity index is 2.23. The molecule has 2 rings (SSSR count). The van der Waals surface area contributed by atoms with E-state index in [1.54, 1.807) is 24.3 Å². The summed E-state index contributed by atoms with van der Waals surface area (Å²) < 4.78 is 22.5. The third kappa shape index (κ3) is 2.16. The van der Waals surface area contributed by atoms with Gasteiger partial charge in [-0.3, -0.25) is 0 Å². The molecule has 1 heterocycles. The Hall–Kier alpha value is -1.56. The van der Waals surface area contributed by atoms with Gasteiger partial charge < -0.3 is 10.6 Å². The van der Waals surface area contributed by atoms with E-state index in [1.807, 2.05) is 0 Å². The molecule has 0 spiro atoms. The van der Waals surface area contributed by atoms with Crippen molar-refractivity contribution >= 4 is 15.9 Å². The van der Waals surface area contributed by atoms with Gasteiger partial charge in [-0.25, -0.2) is 13.2 Å². The van der Waals surface area contributed by atoms with Crippen molar-refractivity contribution in [3.8, 4) is 0 Å². The molecule has 0 saturated carbocycles. The Morgan fingerprint density at radius 1 is 1.25 bits per heavy atom. The second kappa shape index (κ2) is 3.79. The van der Waals surface area contributed by atoms with Crippen LogP contribution in [0.2, 0.25) is 0 Å². The van der Waals surface area contributed by atoms with E-state index >= 15 is 0 Å². The summed E-state index contributed by atoms with van der Waals surface area (Å²) in [6, 6.07) is 6.26. The Morgan fingerprint density at radius 2 is 1.88 bits per heavy atom. The Morgan fingerprint density at radius 3 is 2.31 bits per heavy atom. The first-order chi connectivity index (χ1) is 7.47. The summed E-state index contributed by atoms with van der Waals surface area (Å²) >= 11 is 0. The van der Waals surface area contributed by atoms with E-state index in [2.05, 4.69) is 10.6 Å². The second-order valence-corrected chi connectivity index (χ2v) is 5.76. The molecule has 0 aromatic heterocycles. The van der Waals surface area contributed by atoms with Gasteiger partial charge in [0, 0.05) is 12.8 Å². The fourth-order valence-electron chi connectivity index (χ4n) is 1.60. The van der Waals surface area contributed by atoms with Gasteiger partial charge >= 0.3 is 6.03 Å². The van der Waals surface area contributed by atoms with E-state index in [9.17, 15) is 13.2 Å². The smallest absolute Gasteiger partial charge is 0.315 e. The molecule has 0 bridgehead atoms. The minimum absolute atomic E-state index is 0.0823. The van der Waals surface area contributed by atoms with Crippen LogP contribution in [0.3, 0.4) is 0 Å². The van der Waals surface area contributed by atoms with E-state index in [0.29, 0.717) is 6.54 Å². The van der Waals surface area contributed by atoms with Crippen molar-refractivity contribution in [3.63, 3.8) is 0 Å². The third-order valence-electron chi connectivity index (χ3n) is 2.48. The van der Waals surface area contributed by atoms with Crippen LogP contribution in [0.1, 0.15) is 11.6 Å². The van der Waals surface area contributed by atoms with Crippen LogP contribution in [0.25, 0.3) is 0 Å². The first-order valence-electron chi connectivity index (χ1n) is 4.81. The Kier molecular flexibility index (Phi) is 2.59. The summed E-state index contributed by atoms with van der Waals surface area (Å²) in [5, 5.41) is 5.37. The van der Waals surface area contributed by atoms with Crippen LogP contribution in [0.4, 0.5) is 4.79 Å². The average molecular weight is 240 g/mol. The number of nitrogens with one attached hydrogen (secondary N) is 2. The van der Waals surface area contributed by atoms with Crippen LogP contribution < -0.4 is 10.6 Å². The predicted molar refractivity (Wildman–Crippen MR) is 58.8 cm³/mol. The van der Waals surface area contributed by atoms with E-state index in [-0.39, 0.29) is 17.0 Å². The number of amides is 2. The molecule has 86 valence electrons. The summed E-state index contributed by atoms with van der Waals surface area (Å²) in [5.41, 5.74) is 0.894. The Bertz CT molecular complexity index is 507. The number of carbonyl (C=O) groups excluding carboxylic acids is 1. The second-order valence-electron chi connectivity index (χ2n) is 3.75. The fraction of sp³-hybridized carbons (Fsp3) is 0.300. The van der Waals surface area contributed by atoms with E-state index in [1.165, 1.54) is 6.26 Å². The average Bonchev–Trinajstić information content (AvgIpc) is 2.64. The van der Waals surface area contributed by atoms with Gasteiger partial charge in [0.25, 0.3) is 0 Å². The molecule has 2 amide bonds. The van der Waals surface area contributed by atoms with E-state index < -0.39 is 9.84 Å². The lowest BCUT2D eigenvalue weighted by Gasteiger charge is -2.09. The third-order valence-corrected chi connectivity index (χ3v) is 3.61. The highest BCUT2D eigenvalue weighted by atomic mass is 32.2. The number of rotatable bonds is 2. The first-order valence-corrected chi connectivity index (χ1v) is 6.70. The van der Waals surface area contributed by atoms with Crippen molar-refractivity contribution in [2.24, 2.45) is 0 Å². The Labute approximate surface area is 93.8 Å². The van der Waals surface area contributed by atoms with Gasteiger partial charge in [-0.1, -0.05) is 12.1 Å². The minimum atomic E-state index is -3.16. The monoisotopic (exact) mass is 240 g/mol. The van der Waals surface area contributed by atoms with E-state index in [4.69, 9.17) is 0 Å². The first kappa shape index (κ1) is 10.9. The molecule has 5 nitrogen and oxygen atoms in total. The summed E-state index contributed by atoms with van der Waals surface area (Å²) in [6.07, 6.45) is 1.17. The molecule has 1 aromatic rings. The quantitative estimate of drug-likeness (QED) is 0.787. The van der Waals surface area contributed by atoms with Crippen LogP contribution in [0.15, 0.2) is 29.2 Å². The highest BCUT2D eigenvalue weighted by Gasteiger charge is 2.21. The van der Waals surface area contributed by atoms with Gasteiger partial charge in [-0.15, -0.1) is 0 Å². The lowest BCUT2D eigenvalue weighted by molar-refractivity contribution is 0.247. The van der Waals surface area contributed by atoms with Crippen LogP contribution in [0, 0.1) is 0 Å². The van der Waals surface area contributed by atoms with E-state index in [0.717, 1.165) is 5.56 Å². The molecule has 1 saturated heterocycles. The lowest BCUT2D eigenvalue weighted by atomic mass is 10.1. The molecular weight excluding hydrogens is 228 g/mol. The summed E-state index contributed by atoms with van der Waals surface area (Å²) in [5.74, 6) is 0. The molecule has 0 radical (unpaired) electrons. The van der Waals surface area contributed by atoms with Crippen molar-refractivity contribution in [1.82, 2.24) is 10.6 Å². The highest BCUT2D eigenvalue weighted by molar-refractivity contribution is 7.90. The molecule has 2 N–H and O–H groups in total. The van der Waals surface area contributed by atoms with Gasteiger partial charge in [0.05, 0.1) is 10.9 Å². The molecule has 1 aliphatic heterocycles. The van der Waals surface area contributed by atoms with Gasteiger partial charge in [-0.2, -0.15) is 0 Å². The number of urea groups is 1. The zero-order valence-electron chi connectivity index (χ0n) is 8.73.